The quantitative estimate of drug-likeness (QED) is 0.391. The van der Waals surface area contributed by atoms with E-state index in [-0.39, 0.29) is 18.5 Å². The third-order valence-electron chi connectivity index (χ3n) is 5.38. The van der Waals surface area contributed by atoms with Crippen LogP contribution in [0.15, 0.2) is 83.5 Å². The lowest BCUT2D eigenvalue weighted by Gasteiger charge is -2.10. The van der Waals surface area contributed by atoms with Gasteiger partial charge >= 0.3 is 0 Å². The van der Waals surface area contributed by atoms with E-state index in [4.69, 9.17) is 9.40 Å². The van der Waals surface area contributed by atoms with Crippen molar-refractivity contribution in [3.8, 4) is 22.6 Å². The summed E-state index contributed by atoms with van der Waals surface area (Å²) >= 11 is 0. The molecule has 1 N–H and O–H groups in total. The summed E-state index contributed by atoms with van der Waals surface area (Å²) in [4.78, 5) is 22.3. The fourth-order valence-electron chi connectivity index (χ4n) is 3.72. The van der Waals surface area contributed by atoms with Crippen LogP contribution in [0.5, 0.6) is 0 Å². The highest BCUT2D eigenvalue weighted by Crippen LogP contribution is 2.26. The maximum atomic E-state index is 13.2. The number of carbonyl (C=O) groups excluding carboxylic acids is 1. The van der Waals surface area contributed by atoms with Gasteiger partial charge in [0.1, 0.15) is 0 Å². The van der Waals surface area contributed by atoms with Gasteiger partial charge in [-0.05, 0) is 19.9 Å². The van der Waals surface area contributed by atoms with Gasteiger partial charge in [0, 0.05) is 17.2 Å². The lowest BCUT2D eigenvalue weighted by molar-refractivity contribution is 0.0949. The molecule has 0 radical (unpaired) electrons. The number of oxazole rings is 1. The van der Waals surface area contributed by atoms with Gasteiger partial charge in [0.25, 0.3) is 5.91 Å². The van der Waals surface area contributed by atoms with E-state index >= 15 is 0 Å². The van der Waals surface area contributed by atoms with Crippen LogP contribution in [0.4, 0.5) is 0 Å². The largest absolute Gasteiger partial charge is 0.439 e. The SMILES string of the molecule is CC(C)n1ncc2c(C(=O)NCc3ncc(-c4ccccc4)o3)cc(-c3ccccc3)nc21. The molecule has 0 aliphatic heterocycles. The summed E-state index contributed by atoms with van der Waals surface area (Å²) in [7, 11) is 0. The molecule has 0 saturated carbocycles. The lowest BCUT2D eigenvalue weighted by atomic mass is 10.1. The molecule has 33 heavy (non-hydrogen) atoms. The zero-order valence-electron chi connectivity index (χ0n) is 18.4. The summed E-state index contributed by atoms with van der Waals surface area (Å²) in [6, 6.07) is 21.5. The van der Waals surface area contributed by atoms with Gasteiger partial charge in [0.15, 0.2) is 11.4 Å². The number of fused-ring (bicyclic) bond motifs is 1. The van der Waals surface area contributed by atoms with Gasteiger partial charge in [0.05, 0.1) is 35.6 Å². The standard InChI is InChI=1S/C26H23N5O2/c1-17(2)31-25-21(14-29-31)20(13-22(30-25)18-9-5-3-6-10-18)26(32)28-16-24-27-15-23(33-24)19-11-7-4-8-12-19/h3-15,17H,16H2,1-2H3,(H,28,32). The molecule has 0 spiro atoms. The van der Waals surface area contributed by atoms with Crippen molar-refractivity contribution in [2.24, 2.45) is 0 Å². The van der Waals surface area contributed by atoms with Gasteiger partial charge in [0.2, 0.25) is 5.89 Å². The Morgan fingerprint density at radius 3 is 2.39 bits per heavy atom. The van der Waals surface area contributed by atoms with Crippen LogP contribution >= 0.6 is 0 Å². The molecule has 0 fully saturated rings. The minimum absolute atomic E-state index is 0.112. The van der Waals surface area contributed by atoms with Gasteiger partial charge in [-0.25, -0.2) is 14.6 Å². The molecule has 1 amide bonds. The average Bonchev–Trinajstić information content (AvgIpc) is 3.50. The Labute approximate surface area is 191 Å². The Balaban J connectivity index is 1.45. The Morgan fingerprint density at radius 2 is 1.70 bits per heavy atom. The van der Waals surface area contributed by atoms with Crippen molar-refractivity contribution in [2.75, 3.05) is 0 Å². The van der Waals surface area contributed by atoms with Crippen LogP contribution in [-0.4, -0.2) is 25.7 Å². The fourth-order valence-corrected chi connectivity index (χ4v) is 3.72. The number of amides is 1. The van der Waals surface area contributed by atoms with Crippen LogP contribution in [0.25, 0.3) is 33.6 Å². The molecule has 164 valence electrons. The van der Waals surface area contributed by atoms with Crippen LogP contribution in [0.3, 0.4) is 0 Å². The van der Waals surface area contributed by atoms with Crippen LogP contribution in [0, 0.1) is 0 Å². The summed E-state index contributed by atoms with van der Waals surface area (Å²) in [5.74, 6) is 0.867. The Kier molecular flexibility index (Phi) is 5.44. The second-order valence-corrected chi connectivity index (χ2v) is 8.01. The molecule has 0 aliphatic carbocycles. The van der Waals surface area contributed by atoms with Gasteiger partial charge in [-0.2, -0.15) is 5.10 Å². The van der Waals surface area contributed by atoms with E-state index < -0.39 is 0 Å². The smallest absolute Gasteiger partial charge is 0.252 e. The van der Waals surface area contributed by atoms with Crippen molar-refractivity contribution in [3.63, 3.8) is 0 Å². The van der Waals surface area contributed by atoms with Crippen molar-refractivity contribution in [1.29, 1.82) is 0 Å². The highest BCUT2D eigenvalue weighted by Gasteiger charge is 2.19. The van der Waals surface area contributed by atoms with E-state index in [1.54, 1.807) is 12.4 Å². The molecule has 0 unspecified atom stereocenters. The van der Waals surface area contributed by atoms with Crippen LogP contribution in [-0.2, 0) is 6.54 Å². The zero-order chi connectivity index (χ0) is 22.8. The first-order chi connectivity index (χ1) is 16.1. The lowest BCUT2D eigenvalue weighted by Crippen LogP contribution is -2.23. The fraction of sp³-hybridized carbons (Fsp3) is 0.154. The van der Waals surface area contributed by atoms with E-state index in [1.165, 1.54) is 0 Å². The monoisotopic (exact) mass is 437 g/mol. The summed E-state index contributed by atoms with van der Waals surface area (Å²) < 4.78 is 7.65. The first-order valence-electron chi connectivity index (χ1n) is 10.8. The number of carbonyl (C=O) groups is 1. The minimum atomic E-state index is -0.234. The molecular formula is C26H23N5O2. The molecule has 2 aromatic carbocycles. The maximum absolute atomic E-state index is 13.2. The number of hydrogen-bond donors (Lipinski definition) is 1. The average molecular weight is 438 g/mol. The highest BCUT2D eigenvalue weighted by molar-refractivity contribution is 6.06. The molecule has 3 heterocycles. The van der Waals surface area contributed by atoms with Crippen molar-refractivity contribution in [3.05, 3.63) is 90.6 Å². The highest BCUT2D eigenvalue weighted by atomic mass is 16.4. The van der Waals surface area contributed by atoms with E-state index in [0.717, 1.165) is 16.8 Å². The maximum Gasteiger partial charge on any atom is 0.252 e. The third-order valence-corrected chi connectivity index (χ3v) is 5.38. The Hall–Kier alpha value is -4.26. The summed E-state index contributed by atoms with van der Waals surface area (Å²) in [5, 5.41) is 8.11. The molecule has 0 bridgehead atoms. The van der Waals surface area contributed by atoms with Gasteiger partial charge < -0.3 is 9.73 Å². The van der Waals surface area contributed by atoms with E-state index in [1.807, 2.05) is 85.3 Å². The second-order valence-electron chi connectivity index (χ2n) is 8.01. The van der Waals surface area contributed by atoms with Crippen LogP contribution in [0.1, 0.15) is 36.1 Å². The topological polar surface area (TPSA) is 85.8 Å². The first kappa shape index (κ1) is 20.6. The molecule has 7 nitrogen and oxygen atoms in total. The number of rotatable bonds is 6. The number of hydrogen-bond acceptors (Lipinski definition) is 5. The Morgan fingerprint density at radius 1 is 1.00 bits per heavy atom. The van der Waals surface area contributed by atoms with Crippen molar-refractivity contribution < 1.29 is 9.21 Å². The second kappa shape index (κ2) is 8.70. The number of benzene rings is 2. The molecule has 5 aromatic rings. The van der Waals surface area contributed by atoms with Gasteiger partial charge in [-0.3, -0.25) is 4.79 Å². The minimum Gasteiger partial charge on any atom is -0.439 e. The number of nitrogens with one attached hydrogen (secondary N) is 1. The molecule has 0 aliphatic rings. The van der Waals surface area contributed by atoms with Crippen molar-refractivity contribution in [1.82, 2.24) is 25.1 Å². The Bertz CT molecular complexity index is 1400. The van der Waals surface area contributed by atoms with Crippen molar-refractivity contribution in [2.45, 2.75) is 26.4 Å². The van der Waals surface area contributed by atoms with Gasteiger partial charge in [-0.15, -0.1) is 0 Å². The van der Waals surface area contributed by atoms with Crippen LogP contribution in [0.2, 0.25) is 0 Å². The van der Waals surface area contributed by atoms with E-state index in [2.05, 4.69) is 15.4 Å². The number of pyridine rings is 1. The summed E-state index contributed by atoms with van der Waals surface area (Å²) in [6.45, 7) is 4.25. The summed E-state index contributed by atoms with van der Waals surface area (Å²) in [5.41, 5.74) is 3.79. The molecule has 0 saturated heterocycles. The predicted octanol–water partition coefficient (Wildman–Crippen LogP) is 5.26. The number of aromatic nitrogens is 4. The zero-order valence-corrected chi connectivity index (χ0v) is 18.4. The molecule has 7 heteroatoms. The predicted molar refractivity (Wildman–Crippen MR) is 126 cm³/mol. The van der Waals surface area contributed by atoms with Crippen molar-refractivity contribution >= 4 is 16.9 Å². The molecular weight excluding hydrogens is 414 g/mol. The molecule has 0 atom stereocenters. The van der Waals surface area contributed by atoms with Gasteiger partial charge in [-0.1, -0.05) is 60.7 Å². The third kappa shape index (κ3) is 4.13. The molecule has 5 rings (SSSR count). The van der Waals surface area contributed by atoms with Crippen LogP contribution < -0.4 is 5.32 Å². The first-order valence-corrected chi connectivity index (χ1v) is 10.8. The van der Waals surface area contributed by atoms with E-state index in [0.29, 0.717) is 28.2 Å². The van der Waals surface area contributed by atoms with E-state index in [9.17, 15) is 4.79 Å². The number of nitrogens with zero attached hydrogens (tertiary/aromatic N) is 4. The normalized spacial score (nSPS) is 11.2. The summed E-state index contributed by atoms with van der Waals surface area (Å²) in [6.07, 6.45) is 3.37. The molecule has 3 aromatic heterocycles.